The average molecular weight is 677 g/mol. The maximum Gasteiger partial charge on any atom is 0.176 e. The molecule has 0 saturated carbocycles. The highest BCUT2D eigenvalue weighted by Gasteiger charge is 2.34. The molecule has 0 aromatic heterocycles. The van der Waals surface area contributed by atoms with Gasteiger partial charge in [-0.3, -0.25) is 0 Å². The summed E-state index contributed by atoms with van der Waals surface area (Å²) in [6.07, 6.45) is 2.81. The highest BCUT2D eigenvalue weighted by molar-refractivity contribution is 7.82. The van der Waals surface area contributed by atoms with Crippen LogP contribution in [0, 0.1) is 10.8 Å². The normalized spacial score (nSPS) is 16.1. The fraction of sp³-hybridized carbons (Fsp3) is 0.778. The zero-order chi connectivity index (χ0) is 30.8. The molecule has 0 aromatic carbocycles. The van der Waals surface area contributed by atoms with Crippen LogP contribution in [-0.4, -0.2) is 115 Å². The van der Waals surface area contributed by atoms with Crippen molar-refractivity contribution in [2.24, 2.45) is 10.8 Å². The topological polar surface area (TPSA) is 61.1 Å². The molecule has 8 nitrogen and oxygen atoms in total. The van der Waals surface area contributed by atoms with E-state index >= 15 is 0 Å². The molecule has 4 N–H and O–H groups in total. The van der Waals surface area contributed by atoms with E-state index in [9.17, 15) is 0 Å². The van der Waals surface area contributed by atoms with E-state index in [-0.39, 0.29) is 10.8 Å². The summed E-state index contributed by atoms with van der Waals surface area (Å²) in [6, 6.07) is 0. The summed E-state index contributed by atoms with van der Waals surface area (Å²) >= 11 is 33.3. The first-order valence-electron chi connectivity index (χ1n) is 14.4. The first-order valence-corrected chi connectivity index (χ1v) is 16.9. The Morgan fingerprint density at radius 1 is 0.634 bits per heavy atom. The molecule has 0 aliphatic carbocycles. The minimum absolute atomic E-state index is 0.0478. The van der Waals surface area contributed by atoms with E-state index < -0.39 is 0 Å². The van der Waals surface area contributed by atoms with Gasteiger partial charge in [0.25, 0.3) is 0 Å². The monoisotopic (exact) mass is 676 g/mol. The van der Waals surface area contributed by atoms with E-state index in [0.717, 1.165) is 105 Å². The molecule has 0 unspecified atom stereocenters. The fourth-order valence-corrected chi connectivity index (χ4v) is 6.53. The maximum atomic E-state index is 5.61. The van der Waals surface area contributed by atoms with Crippen LogP contribution < -0.4 is 21.3 Å². The van der Waals surface area contributed by atoms with Gasteiger partial charge in [0, 0.05) is 52.4 Å². The highest BCUT2D eigenvalue weighted by Crippen LogP contribution is 2.26. The number of thiocarbonyl (C=S) groups is 6. The van der Waals surface area contributed by atoms with Gasteiger partial charge in [-0.25, -0.2) is 0 Å². The Labute approximate surface area is 280 Å². The summed E-state index contributed by atoms with van der Waals surface area (Å²) < 4.78 is 0. The summed E-state index contributed by atoms with van der Waals surface area (Å²) in [6.45, 7) is 21.2. The van der Waals surface area contributed by atoms with Crippen molar-refractivity contribution >= 4 is 104 Å². The molecule has 2 saturated heterocycles. The minimum atomic E-state index is 0.0478. The second-order valence-electron chi connectivity index (χ2n) is 12.1. The molecule has 41 heavy (non-hydrogen) atoms. The molecule has 2 rings (SSSR count). The molecular formula is C27H48N8S6. The van der Waals surface area contributed by atoms with Gasteiger partial charge >= 0.3 is 0 Å². The van der Waals surface area contributed by atoms with E-state index in [1.165, 1.54) is 0 Å². The summed E-state index contributed by atoms with van der Waals surface area (Å²) in [5.74, 6) is 0. The van der Waals surface area contributed by atoms with Gasteiger partial charge < -0.3 is 40.9 Å². The first kappa shape index (κ1) is 36.1. The van der Waals surface area contributed by atoms with Crippen molar-refractivity contribution < 1.29 is 0 Å². The molecule has 232 valence electrons. The Morgan fingerprint density at radius 2 is 0.976 bits per heavy atom. The van der Waals surface area contributed by atoms with Crippen molar-refractivity contribution in [2.75, 3.05) is 65.4 Å². The predicted molar refractivity (Wildman–Crippen MR) is 197 cm³/mol. The lowest BCUT2D eigenvalue weighted by Crippen LogP contribution is -2.43. The van der Waals surface area contributed by atoms with Gasteiger partial charge in [-0.1, -0.05) is 52.1 Å². The third-order valence-corrected chi connectivity index (χ3v) is 9.53. The fourth-order valence-electron chi connectivity index (χ4n) is 4.65. The van der Waals surface area contributed by atoms with Gasteiger partial charge in [0.05, 0.1) is 13.1 Å². The lowest BCUT2D eigenvalue weighted by atomic mass is 9.88. The van der Waals surface area contributed by atoms with Crippen molar-refractivity contribution in [1.29, 1.82) is 0 Å². The third kappa shape index (κ3) is 11.9. The molecular weight excluding hydrogens is 629 g/mol. The Balaban J connectivity index is 1.54. The molecule has 2 fully saturated rings. The predicted octanol–water partition coefficient (Wildman–Crippen LogP) is 3.64. The Hall–Kier alpha value is -1.06. The second kappa shape index (κ2) is 16.7. The summed E-state index contributed by atoms with van der Waals surface area (Å²) in [7, 11) is 0. The van der Waals surface area contributed by atoms with Crippen LogP contribution in [-0.2, 0) is 0 Å². The number of rotatable bonds is 16. The molecule has 0 atom stereocenters. The van der Waals surface area contributed by atoms with Crippen LogP contribution in [0.5, 0.6) is 0 Å². The van der Waals surface area contributed by atoms with Crippen molar-refractivity contribution in [3.05, 3.63) is 0 Å². The van der Waals surface area contributed by atoms with Crippen molar-refractivity contribution in [2.45, 2.75) is 60.8 Å². The Morgan fingerprint density at radius 3 is 1.29 bits per heavy atom. The first-order chi connectivity index (χ1) is 19.2. The molecule has 0 radical (unpaired) electrons. The number of likely N-dealkylation sites (N-methyl/N-ethyl adjacent to an activating group) is 2. The lowest BCUT2D eigenvalue weighted by Gasteiger charge is -2.31. The van der Waals surface area contributed by atoms with E-state index in [1.807, 2.05) is 0 Å². The van der Waals surface area contributed by atoms with Crippen LogP contribution >= 0.6 is 73.3 Å². The maximum absolute atomic E-state index is 5.61. The molecule has 2 aliphatic rings. The molecule has 0 bridgehead atoms. The summed E-state index contributed by atoms with van der Waals surface area (Å²) in [5.41, 5.74) is 0.0957. The summed E-state index contributed by atoms with van der Waals surface area (Å²) in [5, 5.41) is 16.3. The molecule has 14 heteroatoms. The smallest absolute Gasteiger partial charge is 0.176 e. The minimum Gasteiger partial charge on any atom is -0.363 e. The lowest BCUT2D eigenvalue weighted by molar-refractivity contribution is 0.285. The third-order valence-electron chi connectivity index (χ3n) is 7.29. The van der Waals surface area contributed by atoms with E-state index in [1.54, 1.807) is 0 Å². The Kier molecular flexibility index (Phi) is 14.7. The standard InChI is InChI=1S/C27H48N8S6/c1-7-32-16-20(36)34(24(32)40)18-26(3,4)10-14-30-22(38)28-12-9-13-29-23(39)31-15-11-27(5,6)19-35-21(37)17-33(8-2)25(35)41/h7-19H2,1-6H3,(H2,28,30,38)(H2,29,31,39). The van der Waals surface area contributed by atoms with Crippen molar-refractivity contribution in [1.82, 2.24) is 40.9 Å². The van der Waals surface area contributed by atoms with Crippen LogP contribution in [0.25, 0.3) is 0 Å². The van der Waals surface area contributed by atoms with Crippen LogP contribution in [0.2, 0.25) is 0 Å². The van der Waals surface area contributed by atoms with Crippen LogP contribution in [0.15, 0.2) is 0 Å². The van der Waals surface area contributed by atoms with Gasteiger partial charge in [0.1, 0.15) is 9.98 Å². The molecule has 2 heterocycles. The van der Waals surface area contributed by atoms with Gasteiger partial charge in [-0.15, -0.1) is 0 Å². The van der Waals surface area contributed by atoms with E-state index in [2.05, 4.69) is 82.4 Å². The number of nitrogens with one attached hydrogen (secondary N) is 4. The number of hydrogen-bond donors (Lipinski definition) is 4. The van der Waals surface area contributed by atoms with Gasteiger partial charge in [0.2, 0.25) is 0 Å². The van der Waals surface area contributed by atoms with E-state index in [4.69, 9.17) is 73.3 Å². The van der Waals surface area contributed by atoms with Gasteiger partial charge in [0.15, 0.2) is 20.4 Å². The quantitative estimate of drug-likeness (QED) is 0.142. The van der Waals surface area contributed by atoms with Crippen LogP contribution in [0.3, 0.4) is 0 Å². The van der Waals surface area contributed by atoms with Crippen molar-refractivity contribution in [3.63, 3.8) is 0 Å². The molecule has 0 amide bonds. The Bertz CT molecular complexity index is 909. The average Bonchev–Trinajstić information content (AvgIpc) is 3.31. The zero-order valence-electron chi connectivity index (χ0n) is 25.4. The highest BCUT2D eigenvalue weighted by atomic mass is 32.1. The van der Waals surface area contributed by atoms with Crippen molar-refractivity contribution in [3.8, 4) is 0 Å². The summed E-state index contributed by atoms with van der Waals surface area (Å²) in [4.78, 5) is 10.3. The largest absolute Gasteiger partial charge is 0.363 e. The van der Waals surface area contributed by atoms with Gasteiger partial charge in [-0.2, -0.15) is 0 Å². The van der Waals surface area contributed by atoms with Crippen LogP contribution in [0.4, 0.5) is 0 Å². The zero-order valence-corrected chi connectivity index (χ0v) is 30.3. The second-order valence-corrected chi connectivity index (χ2v) is 14.6. The van der Waals surface area contributed by atoms with E-state index in [0.29, 0.717) is 10.2 Å². The molecule has 0 spiro atoms. The number of nitrogens with zero attached hydrogens (tertiary/aromatic N) is 4. The number of hydrogen-bond acceptors (Lipinski definition) is 6. The molecule has 0 aromatic rings. The van der Waals surface area contributed by atoms with Crippen LogP contribution in [0.1, 0.15) is 60.8 Å². The van der Waals surface area contributed by atoms with Gasteiger partial charge in [-0.05, 0) is 92.8 Å². The molecule has 2 aliphatic heterocycles. The SMILES string of the molecule is CCN1CC(=S)N(CC(C)(C)CCNC(=S)NCCCNC(=S)NCCC(C)(C)CN2C(=S)CN(CC)C2=S)C1=S.